The minimum absolute atomic E-state index is 0.0198. The highest BCUT2D eigenvalue weighted by molar-refractivity contribution is 5.83. The van der Waals surface area contributed by atoms with Crippen molar-refractivity contribution in [2.75, 3.05) is 6.61 Å². The maximum absolute atomic E-state index is 11.5. The molecule has 2 aliphatic rings. The molecular weight excluding hydrogens is 176 g/mol. The van der Waals surface area contributed by atoms with Gasteiger partial charge in [-0.2, -0.15) is 0 Å². The quantitative estimate of drug-likeness (QED) is 0.661. The van der Waals surface area contributed by atoms with Gasteiger partial charge in [0.2, 0.25) is 0 Å². The van der Waals surface area contributed by atoms with Gasteiger partial charge in [0.25, 0.3) is 0 Å². The van der Waals surface area contributed by atoms with E-state index in [1.165, 1.54) is 5.56 Å². The highest BCUT2D eigenvalue weighted by Gasteiger charge is 2.65. The summed E-state index contributed by atoms with van der Waals surface area (Å²) < 4.78 is 5.05. The van der Waals surface area contributed by atoms with Crippen LogP contribution in [0.4, 0.5) is 0 Å². The number of hydrogen-bond donors (Lipinski definition) is 0. The molecule has 0 spiro atoms. The fraction of sp³-hybridized carbons (Fsp3) is 0.417. The molecular formula is C12H12O2. The van der Waals surface area contributed by atoms with E-state index in [0.29, 0.717) is 12.5 Å². The summed E-state index contributed by atoms with van der Waals surface area (Å²) in [6.45, 7) is 0.645. The van der Waals surface area contributed by atoms with Gasteiger partial charge in [0.05, 0.1) is 12.0 Å². The van der Waals surface area contributed by atoms with Crippen LogP contribution in [0.2, 0.25) is 0 Å². The van der Waals surface area contributed by atoms with E-state index in [1.807, 2.05) is 18.2 Å². The van der Waals surface area contributed by atoms with Crippen molar-refractivity contribution in [3.8, 4) is 0 Å². The van der Waals surface area contributed by atoms with Gasteiger partial charge in [-0.05, 0) is 18.4 Å². The molecule has 0 N–H and O–H groups in total. The smallest absolute Gasteiger partial charge is 0.312 e. The summed E-state index contributed by atoms with van der Waals surface area (Å²) in [6.07, 6.45) is 1.89. The average molecular weight is 188 g/mol. The topological polar surface area (TPSA) is 26.3 Å². The maximum Gasteiger partial charge on any atom is 0.312 e. The molecule has 0 aromatic heterocycles. The largest absolute Gasteiger partial charge is 0.465 e. The number of cyclic esters (lactones) is 1. The highest BCUT2D eigenvalue weighted by Crippen LogP contribution is 2.59. The Hall–Kier alpha value is -1.31. The number of esters is 1. The Morgan fingerprint density at radius 1 is 1.36 bits per heavy atom. The minimum Gasteiger partial charge on any atom is -0.465 e. The number of rotatable bonds is 2. The Bertz CT molecular complexity index is 371. The van der Waals surface area contributed by atoms with Gasteiger partial charge in [-0.3, -0.25) is 4.79 Å². The van der Waals surface area contributed by atoms with Crippen molar-refractivity contribution in [2.24, 2.45) is 11.3 Å². The molecule has 1 aliphatic heterocycles. The van der Waals surface area contributed by atoms with Crippen LogP contribution in [0.25, 0.3) is 0 Å². The summed E-state index contributed by atoms with van der Waals surface area (Å²) in [5.74, 6) is 0.515. The van der Waals surface area contributed by atoms with Gasteiger partial charge in [0, 0.05) is 5.92 Å². The van der Waals surface area contributed by atoms with Gasteiger partial charge < -0.3 is 4.74 Å². The van der Waals surface area contributed by atoms with E-state index in [1.54, 1.807) is 0 Å². The fourth-order valence-corrected chi connectivity index (χ4v) is 2.42. The van der Waals surface area contributed by atoms with Crippen LogP contribution in [0.3, 0.4) is 0 Å². The van der Waals surface area contributed by atoms with Gasteiger partial charge in [-0.1, -0.05) is 30.3 Å². The van der Waals surface area contributed by atoms with E-state index in [2.05, 4.69) is 12.1 Å². The first-order valence-corrected chi connectivity index (χ1v) is 5.02. The standard InChI is InChI=1S/C12H12O2/c13-11-12(7-10(12)8-14-11)6-9-4-2-1-3-5-9/h1-5,10H,6-8H2. The minimum atomic E-state index is -0.138. The van der Waals surface area contributed by atoms with E-state index in [9.17, 15) is 4.79 Å². The molecule has 0 radical (unpaired) electrons. The van der Waals surface area contributed by atoms with E-state index in [4.69, 9.17) is 4.74 Å². The SMILES string of the molecule is O=C1OCC2CC12Cc1ccccc1. The number of fused-ring (bicyclic) bond motifs is 1. The zero-order valence-corrected chi connectivity index (χ0v) is 7.90. The first-order chi connectivity index (χ1) is 6.81. The van der Waals surface area contributed by atoms with E-state index >= 15 is 0 Å². The van der Waals surface area contributed by atoms with E-state index < -0.39 is 0 Å². The van der Waals surface area contributed by atoms with Crippen molar-refractivity contribution in [3.05, 3.63) is 35.9 Å². The summed E-state index contributed by atoms with van der Waals surface area (Å²) in [6, 6.07) is 10.2. The summed E-state index contributed by atoms with van der Waals surface area (Å²) in [5.41, 5.74) is 1.11. The van der Waals surface area contributed by atoms with Crippen LogP contribution in [0.5, 0.6) is 0 Å². The van der Waals surface area contributed by atoms with Crippen molar-refractivity contribution in [3.63, 3.8) is 0 Å². The van der Waals surface area contributed by atoms with Crippen LogP contribution in [0.1, 0.15) is 12.0 Å². The van der Waals surface area contributed by atoms with Crippen LogP contribution in [-0.4, -0.2) is 12.6 Å². The lowest BCUT2D eigenvalue weighted by atomic mass is 9.95. The van der Waals surface area contributed by atoms with Crippen molar-refractivity contribution in [1.29, 1.82) is 0 Å². The van der Waals surface area contributed by atoms with Crippen molar-refractivity contribution in [1.82, 2.24) is 0 Å². The summed E-state index contributed by atoms with van der Waals surface area (Å²) in [4.78, 5) is 11.5. The van der Waals surface area contributed by atoms with Crippen LogP contribution in [-0.2, 0) is 16.0 Å². The molecule has 0 amide bonds. The predicted molar refractivity (Wildman–Crippen MR) is 51.6 cm³/mol. The van der Waals surface area contributed by atoms with E-state index in [-0.39, 0.29) is 11.4 Å². The molecule has 2 atom stereocenters. The molecule has 1 aromatic rings. The Kier molecular flexibility index (Phi) is 1.49. The average Bonchev–Trinajstić information content (AvgIpc) is 2.83. The monoisotopic (exact) mass is 188 g/mol. The third-order valence-electron chi connectivity index (χ3n) is 3.42. The lowest BCUT2D eigenvalue weighted by Crippen LogP contribution is -2.16. The second-order valence-corrected chi connectivity index (χ2v) is 4.32. The molecule has 1 saturated carbocycles. The van der Waals surface area contributed by atoms with Gasteiger partial charge in [0.1, 0.15) is 0 Å². The summed E-state index contributed by atoms with van der Waals surface area (Å²) in [5, 5.41) is 0. The molecule has 2 nitrogen and oxygen atoms in total. The number of hydrogen-bond acceptors (Lipinski definition) is 2. The highest BCUT2D eigenvalue weighted by atomic mass is 16.5. The molecule has 1 aliphatic carbocycles. The zero-order chi connectivity index (χ0) is 9.60. The molecule has 2 fully saturated rings. The Balaban J connectivity index is 1.83. The van der Waals surface area contributed by atoms with Crippen LogP contribution in [0, 0.1) is 11.3 Å². The summed E-state index contributed by atoms with van der Waals surface area (Å²) in [7, 11) is 0. The second-order valence-electron chi connectivity index (χ2n) is 4.32. The van der Waals surface area contributed by atoms with Crippen molar-refractivity contribution in [2.45, 2.75) is 12.8 Å². The lowest BCUT2D eigenvalue weighted by Gasteiger charge is -2.08. The van der Waals surface area contributed by atoms with Gasteiger partial charge in [0.15, 0.2) is 0 Å². The molecule has 72 valence electrons. The predicted octanol–water partition coefficient (Wildman–Crippen LogP) is 1.79. The number of ether oxygens (including phenoxy) is 1. The Morgan fingerprint density at radius 3 is 2.71 bits per heavy atom. The molecule has 1 aromatic carbocycles. The van der Waals surface area contributed by atoms with Crippen LogP contribution in [0.15, 0.2) is 30.3 Å². The fourth-order valence-electron chi connectivity index (χ4n) is 2.42. The number of carbonyl (C=O) groups excluding carboxylic acids is 1. The lowest BCUT2D eigenvalue weighted by molar-refractivity contribution is -0.144. The third-order valence-corrected chi connectivity index (χ3v) is 3.42. The van der Waals surface area contributed by atoms with Gasteiger partial charge in [-0.25, -0.2) is 0 Å². The van der Waals surface area contributed by atoms with Gasteiger partial charge >= 0.3 is 5.97 Å². The first kappa shape index (κ1) is 8.04. The molecule has 0 bridgehead atoms. The van der Waals surface area contributed by atoms with Crippen LogP contribution < -0.4 is 0 Å². The first-order valence-electron chi connectivity index (χ1n) is 5.02. The molecule has 14 heavy (non-hydrogen) atoms. The molecule has 1 saturated heterocycles. The second kappa shape index (κ2) is 2.59. The van der Waals surface area contributed by atoms with Crippen molar-refractivity contribution >= 4 is 5.97 Å². The molecule has 3 rings (SSSR count). The van der Waals surface area contributed by atoms with Gasteiger partial charge in [-0.15, -0.1) is 0 Å². The Labute approximate surface area is 82.9 Å². The number of carbonyl (C=O) groups is 1. The molecule has 1 heterocycles. The van der Waals surface area contributed by atoms with Crippen molar-refractivity contribution < 1.29 is 9.53 Å². The van der Waals surface area contributed by atoms with Crippen LogP contribution >= 0.6 is 0 Å². The molecule has 2 heteroatoms. The third kappa shape index (κ3) is 0.999. The maximum atomic E-state index is 11.5. The Morgan fingerprint density at radius 2 is 2.14 bits per heavy atom. The molecule has 2 unspecified atom stereocenters. The van der Waals surface area contributed by atoms with E-state index in [0.717, 1.165) is 12.8 Å². The zero-order valence-electron chi connectivity index (χ0n) is 7.90. The summed E-state index contributed by atoms with van der Waals surface area (Å²) >= 11 is 0. The normalized spacial score (nSPS) is 33.7. The number of benzene rings is 1.